The van der Waals surface area contributed by atoms with Gasteiger partial charge in [-0.3, -0.25) is 5.32 Å². The number of nitrogens with two attached hydrogens (primary N) is 1. The van der Waals surface area contributed by atoms with Gasteiger partial charge in [-0.1, -0.05) is 42.5 Å². The second kappa shape index (κ2) is 9.65. The third kappa shape index (κ3) is 5.17. The number of nitrogens with one attached hydrogen (secondary N) is 2. The molecule has 1 heterocycles. The lowest BCUT2D eigenvalue weighted by atomic mass is 9.93. The van der Waals surface area contributed by atoms with Crippen molar-refractivity contribution >= 4 is 29.3 Å². The van der Waals surface area contributed by atoms with Crippen molar-refractivity contribution in [3.05, 3.63) is 70.0 Å². The van der Waals surface area contributed by atoms with Gasteiger partial charge in [-0.05, 0) is 47.1 Å². The Morgan fingerprint density at radius 1 is 1.24 bits per heavy atom. The van der Waals surface area contributed by atoms with Crippen LogP contribution in [0, 0.1) is 23.7 Å². The molecule has 34 heavy (non-hydrogen) atoms. The molecule has 4 N–H and O–H groups in total. The number of thiazole rings is 1. The standard InChI is InChI=1S/C25H21N5O3S/c1-2-22-29-21(14-34-22)30-24(32)28-20(13-33-23(27)31)17-8-6-16(7-9-17)18-4-3-5-19(12-18)25(15-26)10-11-25/h1,3-9,12,14,20H,10-11,13H2,(H2,27,31)(H2,28,30,32)/t20-/m0/s1. The molecule has 1 saturated carbocycles. The molecule has 0 radical (unpaired) electrons. The van der Waals surface area contributed by atoms with Gasteiger partial charge in [0.15, 0.2) is 5.01 Å². The maximum atomic E-state index is 12.5. The smallest absolute Gasteiger partial charge is 0.404 e. The van der Waals surface area contributed by atoms with Gasteiger partial charge < -0.3 is 15.8 Å². The quantitative estimate of drug-likeness (QED) is 0.442. The van der Waals surface area contributed by atoms with Crippen LogP contribution in [0.5, 0.6) is 0 Å². The lowest BCUT2D eigenvalue weighted by Crippen LogP contribution is -2.36. The Balaban J connectivity index is 1.50. The van der Waals surface area contributed by atoms with Crippen LogP contribution in [0.2, 0.25) is 0 Å². The minimum atomic E-state index is -0.940. The first-order valence-corrected chi connectivity index (χ1v) is 11.3. The topological polar surface area (TPSA) is 130 Å². The van der Waals surface area contributed by atoms with Gasteiger partial charge in [-0.25, -0.2) is 14.6 Å². The van der Waals surface area contributed by atoms with Crippen LogP contribution in [0.15, 0.2) is 53.9 Å². The number of hydrogen-bond donors (Lipinski definition) is 3. The van der Waals surface area contributed by atoms with Gasteiger partial charge in [0.05, 0.1) is 17.5 Å². The van der Waals surface area contributed by atoms with Crippen LogP contribution in [0.1, 0.15) is 35.0 Å². The number of amides is 3. The molecule has 3 amide bonds. The zero-order valence-electron chi connectivity index (χ0n) is 18.1. The molecule has 8 nitrogen and oxygen atoms in total. The number of anilines is 1. The number of carbonyl (C=O) groups excluding carboxylic acids is 2. The average molecular weight is 472 g/mol. The molecule has 9 heteroatoms. The molecule has 0 spiro atoms. The van der Waals surface area contributed by atoms with Crippen molar-refractivity contribution in [3.63, 3.8) is 0 Å². The highest BCUT2D eigenvalue weighted by Gasteiger charge is 2.44. The van der Waals surface area contributed by atoms with Crippen LogP contribution in [0.25, 0.3) is 11.1 Å². The lowest BCUT2D eigenvalue weighted by Gasteiger charge is -2.19. The number of terminal acetylenes is 1. The monoisotopic (exact) mass is 471 g/mol. The van der Waals surface area contributed by atoms with E-state index in [1.807, 2.05) is 48.5 Å². The summed E-state index contributed by atoms with van der Waals surface area (Å²) in [6, 6.07) is 16.7. The average Bonchev–Trinajstić information content (AvgIpc) is 3.53. The normalized spacial score (nSPS) is 14.2. The number of hydrogen-bond acceptors (Lipinski definition) is 6. The van der Waals surface area contributed by atoms with Crippen molar-refractivity contribution in [1.82, 2.24) is 10.3 Å². The maximum Gasteiger partial charge on any atom is 0.404 e. The predicted octanol–water partition coefficient (Wildman–Crippen LogP) is 4.30. The summed E-state index contributed by atoms with van der Waals surface area (Å²) >= 11 is 1.23. The highest BCUT2D eigenvalue weighted by atomic mass is 32.1. The van der Waals surface area contributed by atoms with Gasteiger partial charge in [-0.15, -0.1) is 17.8 Å². The molecule has 1 atom stereocenters. The number of nitriles is 1. The van der Waals surface area contributed by atoms with Crippen LogP contribution < -0.4 is 16.4 Å². The fourth-order valence-corrected chi connectivity index (χ4v) is 4.14. The Morgan fingerprint density at radius 3 is 2.62 bits per heavy atom. The predicted molar refractivity (Wildman–Crippen MR) is 129 cm³/mol. The fraction of sp³-hybridized carbons (Fsp3) is 0.200. The number of urea groups is 1. The van der Waals surface area contributed by atoms with Crippen LogP contribution in [-0.2, 0) is 10.2 Å². The van der Waals surface area contributed by atoms with Gasteiger partial charge in [0.25, 0.3) is 0 Å². The van der Waals surface area contributed by atoms with E-state index in [2.05, 4.69) is 27.6 Å². The molecule has 1 aliphatic carbocycles. The third-order valence-electron chi connectivity index (χ3n) is 5.59. The number of benzene rings is 2. The summed E-state index contributed by atoms with van der Waals surface area (Å²) < 4.78 is 4.94. The van der Waals surface area contributed by atoms with Crippen molar-refractivity contribution in [1.29, 1.82) is 5.26 Å². The second-order valence-electron chi connectivity index (χ2n) is 7.86. The van der Waals surface area contributed by atoms with E-state index < -0.39 is 18.2 Å². The molecule has 170 valence electrons. The zero-order valence-corrected chi connectivity index (χ0v) is 18.9. The van der Waals surface area contributed by atoms with E-state index in [9.17, 15) is 14.9 Å². The summed E-state index contributed by atoms with van der Waals surface area (Å²) in [5.74, 6) is 2.73. The number of rotatable bonds is 7. The Morgan fingerprint density at radius 2 is 2.00 bits per heavy atom. The molecule has 3 aromatic rings. The number of nitrogens with zero attached hydrogens (tertiary/aromatic N) is 2. The molecule has 0 unspecified atom stereocenters. The Hall–Kier alpha value is -4.34. The van der Waals surface area contributed by atoms with E-state index in [1.165, 1.54) is 11.3 Å². The fourth-order valence-electron chi connectivity index (χ4n) is 3.59. The van der Waals surface area contributed by atoms with Gasteiger partial charge >= 0.3 is 12.1 Å². The lowest BCUT2D eigenvalue weighted by molar-refractivity contribution is 0.144. The SMILES string of the molecule is C#Cc1nc(NC(=O)N[C@@H](COC(N)=O)c2ccc(-c3cccc(C4(C#N)CC4)c3)cc2)cs1. The Labute approximate surface area is 200 Å². The summed E-state index contributed by atoms with van der Waals surface area (Å²) in [7, 11) is 0. The minimum Gasteiger partial charge on any atom is -0.447 e. The van der Waals surface area contributed by atoms with Crippen molar-refractivity contribution in [2.24, 2.45) is 5.73 Å². The van der Waals surface area contributed by atoms with Crippen LogP contribution >= 0.6 is 11.3 Å². The first-order chi connectivity index (χ1) is 16.4. The molecule has 1 aliphatic rings. The van der Waals surface area contributed by atoms with Gasteiger partial charge in [0.1, 0.15) is 12.4 Å². The highest BCUT2D eigenvalue weighted by molar-refractivity contribution is 7.10. The van der Waals surface area contributed by atoms with Gasteiger partial charge in [0.2, 0.25) is 0 Å². The minimum absolute atomic E-state index is 0.144. The number of ether oxygens (including phenoxy) is 1. The van der Waals surface area contributed by atoms with Crippen molar-refractivity contribution in [2.45, 2.75) is 24.3 Å². The number of aromatic nitrogens is 1. The zero-order chi connectivity index (χ0) is 24.1. The van der Waals surface area contributed by atoms with E-state index in [1.54, 1.807) is 5.38 Å². The van der Waals surface area contributed by atoms with E-state index >= 15 is 0 Å². The second-order valence-corrected chi connectivity index (χ2v) is 8.72. The molecule has 1 fully saturated rings. The summed E-state index contributed by atoms with van der Waals surface area (Å²) in [6.45, 7) is -0.144. The molecule has 2 aromatic carbocycles. The first-order valence-electron chi connectivity index (χ1n) is 10.5. The molecular weight excluding hydrogens is 450 g/mol. The summed E-state index contributed by atoms with van der Waals surface area (Å²) in [5, 5.41) is 16.9. The highest BCUT2D eigenvalue weighted by Crippen LogP contribution is 2.48. The molecule has 1 aromatic heterocycles. The van der Waals surface area contributed by atoms with E-state index in [0.29, 0.717) is 10.8 Å². The van der Waals surface area contributed by atoms with E-state index in [0.717, 1.165) is 35.1 Å². The summed E-state index contributed by atoms with van der Waals surface area (Å²) in [5.41, 5.74) is 8.46. The summed E-state index contributed by atoms with van der Waals surface area (Å²) in [4.78, 5) is 27.7. The van der Waals surface area contributed by atoms with Crippen LogP contribution in [0.4, 0.5) is 15.4 Å². The summed E-state index contributed by atoms with van der Waals surface area (Å²) in [6.07, 6.45) is 6.13. The van der Waals surface area contributed by atoms with Crippen LogP contribution in [-0.4, -0.2) is 23.7 Å². The van der Waals surface area contributed by atoms with E-state index in [4.69, 9.17) is 16.9 Å². The van der Waals surface area contributed by atoms with Crippen molar-refractivity contribution < 1.29 is 14.3 Å². The third-order valence-corrected chi connectivity index (χ3v) is 6.37. The van der Waals surface area contributed by atoms with Crippen molar-refractivity contribution in [3.8, 4) is 29.5 Å². The van der Waals surface area contributed by atoms with Crippen molar-refractivity contribution in [2.75, 3.05) is 11.9 Å². The Bertz CT molecular complexity index is 1300. The molecule has 0 bridgehead atoms. The Kier molecular flexibility index (Phi) is 6.48. The number of primary amides is 1. The van der Waals surface area contributed by atoms with Gasteiger partial charge in [-0.2, -0.15) is 5.26 Å². The van der Waals surface area contributed by atoms with E-state index in [-0.39, 0.29) is 12.0 Å². The molecule has 0 saturated heterocycles. The first kappa shape index (κ1) is 22.8. The van der Waals surface area contributed by atoms with Crippen LogP contribution in [0.3, 0.4) is 0 Å². The largest absolute Gasteiger partial charge is 0.447 e. The number of carbonyl (C=O) groups is 2. The maximum absolute atomic E-state index is 12.5. The van der Waals surface area contributed by atoms with Gasteiger partial charge in [0, 0.05) is 5.38 Å². The molecule has 4 rings (SSSR count). The molecular formula is C25H21N5O3S. The molecule has 0 aliphatic heterocycles.